The average molecular weight is 537 g/mol. The first kappa shape index (κ1) is 28.4. The van der Waals surface area contributed by atoms with Crippen molar-refractivity contribution in [3.8, 4) is 5.75 Å². The molecule has 0 unspecified atom stereocenters. The van der Waals surface area contributed by atoms with Gasteiger partial charge in [0.15, 0.2) is 6.61 Å². The number of hydrazone groups is 1. The van der Waals surface area contributed by atoms with Crippen LogP contribution in [0.2, 0.25) is 0 Å². The van der Waals surface area contributed by atoms with Crippen molar-refractivity contribution in [3.63, 3.8) is 0 Å². The van der Waals surface area contributed by atoms with Crippen LogP contribution >= 0.6 is 0 Å². The minimum absolute atomic E-state index is 0.101. The highest BCUT2D eigenvalue weighted by Gasteiger charge is 2.20. The molecule has 3 rings (SSSR count). The maximum Gasteiger partial charge on any atom is 0.260 e. The van der Waals surface area contributed by atoms with Crippen LogP contribution in [-0.2, 0) is 32.5 Å². The lowest BCUT2D eigenvalue weighted by Crippen LogP contribution is -2.39. The smallest absolute Gasteiger partial charge is 0.260 e. The fourth-order valence-electron chi connectivity index (χ4n) is 3.48. The molecule has 0 saturated carbocycles. The van der Waals surface area contributed by atoms with Crippen molar-refractivity contribution in [2.24, 2.45) is 5.10 Å². The zero-order valence-electron chi connectivity index (χ0n) is 21.5. The van der Waals surface area contributed by atoms with Gasteiger partial charge in [0, 0.05) is 6.54 Å². The van der Waals surface area contributed by atoms with Crippen molar-refractivity contribution in [1.82, 2.24) is 10.7 Å². The third kappa shape index (κ3) is 9.36. The van der Waals surface area contributed by atoms with Crippen LogP contribution in [0.5, 0.6) is 5.75 Å². The van der Waals surface area contributed by atoms with Gasteiger partial charge < -0.3 is 10.1 Å². The Morgan fingerprint density at radius 3 is 2.24 bits per heavy atom. The standard InChI is InChI=1S/C28H32N4O5S/c1-3-22-9-13-25(14-10-22)32(38(2,35)36)20-27(33)31-30-19-24-11-15-26(16-12-24)37-21-28(34)29-18-17-23-7-5-4-6-8-23/h4-16,19H,3,17-18,20-21H2,1-2H3,(H,29,34)(H,31,33)/b30-19-. The van der Waals surface area contributed by atoms with Gasteiger partial charge in [-0.3, -0.25) is 13.9 Å². The first-order valence-electron chi connectivity index (χ1n) is 12.2. The van der Waals surface area contributed by atoms with E-state index in [1.54, 1.807) is 36.4 Å². The van der Waals surface area contributed by atoms with Gasteiger partial charge in [-0.05, 0) is 65.9 Å². The molecule has 0 aromatic heterocycles. The quantitative estimate of drug-likeness (QED) is 0.257. The maximum absolute atomic E-state index is 12.4. The van der Waals surface area contributed by atoms with E-state index in [0.717, 1.165) is 34.5 Å². The van der Waals surface area contributed by atoms with Gasteiger partial charge in [-0.15, -0.1) is 0 Å². The highest BCUT2D eigenvalue weighted by molar-refractivity contribution is 7.92. The third-order valence-corrected chi connectivity index (χ3v) is 6.69. The molecule has 10 heteroatoms. The maximum atomic E-state index is 12.4. The van der Waals surface area contributed by atoms with Crippen LogP contribution in [0.25, 0.3) is 0 Å². The van der Waals surface area contributed by atoms with Crippen LogP contribution in [0.4, 0.5) is 5.69 Å². The Morgan fingerprint density at radius 2 is 1.61 bits per heavy atom. The number of nitrogens with one attached hydrogen (secondary N) is 2. The lowest BCUT2D eigenvalue weighted by molar-refractivity contribution is -0.123. The van der Waals surface area contributed by atoms with E-state index in [1.165, 1.54) is 6.21 Å². The molecule has 0 atom stereocenters. The molecule has 0 aliphatic heterocycles. The van der Waals surface area contributed by atoms with Crippen molar-refractivity contribution < 1.29 is 22.7 Å². The predicted molar refractivity (Wildman–Crippen MR) is 149 cm³/mol. The minimum Gasteiger partial charge on any atom is -0.484 e. The van der Waals surface area contributed by atoms with Crippen LogP contribution in [0.15, 0.2) is 84.0 Å². The van der Waals surface area contributed by atoms with E-state index in [1.807, 2.05) is 49.4 Å². The Kier molecular flexibility index (Phi) is 10.4. The zero-order valence-corrected chi connectivity index (χ0v) is 22.3. The van der Waals surface area contributed by atoms with E-state index >= 15 is 0 Å². The number of aryl methyl sites for hydroxylation is 1. The molecule has 0 saturated heterocycles. The number of benzene rings is 3. The largest absolute Gasteiger partial charge is 0.484 e. The fraction of sp³-hybridized carbons (Fsp3) is 0.250. The number of amides is 2. The average Bonchev–Trinajstić information content (AvgIpc) is 2.91. The highest BCUT2D eigenvalue weighted by atomic mass is 32.2. The number of anilines is 1. The number of nitrogens with zero attached hydrogens (tertiary/aromatic N) is 2. The molecule has 0 aliphatic rings. The SMILES string of the molecule is CCc1ccc(N(CC(=O)N/N=C\c2ccc(OCC(=O)NCCc3ccccc3)cc2)S(C)(=O)=O)cc1. The lowest BCUT2D eigenvalue weighted by atomic mass is 10.1. The van der Waals surface area contributed by atoms with Crippen molar-refractivity contribution in [2.75, 3.05) is 30.3 Å². The number of hydrogen-bond donors (Lipinski definition) is 2. The Hall–Kier alpha value is -4.18. The predicted octanol–water partition coefficient (Wildman–Crippen LogP) is 2.90. The Labute approximate surface area is 223 Å². The Bertz CT molecular complexity index is 1330. The van der Waals surface area contributed by atoms with Crippen LogP contribution in [0.1, 0.15) is 23.6 Å². The van der Waals surface area contributed by atoms with Crippen LogP contribution < -0.4 is 19.8 Å². The van der Waals surface area contributed by atoms with E-state index in [2.05, 4.69) is 15.8 Å². The monoisotopic (exact) mass is 536 g/mol. The normalized spacial score (nSPS) is 11.2. The summed E-state index contributed by atoms with van der Waals surface area (Å²) in [5.41, 5.74) is 5.65. The molecule has 3 aromatic carbocycles. The van der Waals surface area contributed by atoms with Gasteiger partial charge in [0.1, 0.15) is 12.3 Å². The third-order valence-electron chi connectivity index (χ3n) is 5.55. The number of carbonyl (C=O) groups is 2. The summed E-state index contributed by atoms with van der Waals surface area (Å²) in [4.78, 5) is 24.4. The van der Waals surface area contributed by atoms with Crippen molar-refractivity contribution in [1.29, 1.82) is 0 Å². The number of rotatable bonds is 13. The first-order chi connectivity index (χ1) is 18.2. The minimum atomic E-state index is -3.67. The van der Waals surface area contributed by atoms with E-state index in [4.69, 9.17) is 4.74 Å². The van der Waals surface area contributed by atoms with E-state index in [-0.39, 0.29) is 12.5 Å². The van der Waals surface area contributed by atoms with Gasteiger partial charge in [-0.25, -0.2) is 13.8 Å². The second kappa shape index (κ2) is 13.9. The van der Waals surface area contributed by atoms with Gasteiger partial charge in [0.25, 0.3) is 11.8 Å². The number of ether oxygens (including phenoxy) is 1. The van der Waals surface area contributed by atoms with Gasteiger partial charge in [-0.2, -0.15) is 5.10 Å². The van der Waals surface area contributed by atoms with Gasteiger partial charge >= 0.3 is 0 Å². The number of hydrogen-bond acceptors (Lipinski definition) is 6. The van der Waals surface area contributed by atoms with Crippen molar-refractivity contribution in [3.05, 3.63) is 95.6 Å². The van der Waals surface area contributed by atoms with Gasteiger partial charge in [0.2, 0.25) is 10.0 Å². The van der Waals surface area contributed by atoms with Crippen LogP contribution in [-0.4, -0.2) is 52.4 Å². The lowest BCUT2D eigenvalue weighted by Gasteiger charge is -2.21. The van der Waals surface area contributed by atoms with Crippen molar-refractivity contribution in [2.45, 2.75) is 19.8 Å². The molecule has 0 spiro atoms. The molecule has 3 aromatic rings. The number of sulfonamides is 1. The summed E-state index contributed by atoms with van der Waals surface area (Å²) in [5, 5.41) is 6.73. The van der Waals surface area contributed by atoms with Crippen LogP contribution in [0, 0.1) is 0 Å². The molecular formula is C28H32N4O5S. The number of carbonyl (C=O) groups excluding carboxylic acids is 2. The fourth-order valence-corrected chi connectivity index (χ4v) is 4.34. The van der Waals surface area contributed by atoms with Crippen molar-refractivity contribution >= 4 is 33.7 Å². The molecular weight excluding hydrogens is 504 g/mol. The summed E-state index contributed by atoms with van der Waals surface area (Å²) < 4.78 is 31.0. The molecule has 38 heavy (non-hydrogen) atoms. The first-order valence-corrected chi connectivity index (χ1v) is 14.0. The summed E-state index contributed by atoms with van der Waals surface area (Å²) in [7, 11) is -3.67. The van der Waals surface area contributed by atoms with E-state index < -0.39 is 22.5 Å². The molecule has 0 bridgehead atoms. The molecule has 2 amide bonds. The summed E-state index contributed by atoms with van der Waals surface area (Å²) >= 11 is 0. The zero-order chi connectivity index (χ0) is 27.4. The summed E-state index contributed by atoms with van der Waals surface area (Å²) in [6.45, 7) is 2.03. The molecule has 2 N–H and O–H groups in total. The van der Waals surface area contributed by atoms with E-state index in [0.29, 0.717) is 23.5 Å². The molecule has 0 radical (unpaired) electrons. The molecule has 0 aliphatic carbocycles. The second-order valence-corrected chi connectivity index (χ2v) is 10.4. The van der Waals surface area contributed by atoms with Crippen LogP contribution in [0.3, 0.4) is 0 Å². The molecule has 0 heterocycles. The summed E-state index contributed by atoms with van der Waals surface area (Å²) in [5.74, 6) is -0.273. The Balaban J connectivity index is 1.43. The van der Waals surface area contributed by atoms with Gasteiger partial charge in [-0.1, -0.05) is 49.4 Å². The summed E-state index contributed by atoms with van der Waals surface area (Å²) in [6, 6.07) is 23.7. The summed E-state index contributed by atoms with van der Waals surface area (Å²) in [6.07, 6.45) is 4.05. The molecule has 200 valence electrons. The highest BCUT2D eigenvalue weighted by Crippen LogP contribution is 2.18. The molecule has 9 nitrogen and oxygen atoms in total. The Morgan fingerprint density at radius 1 is 0.921 bits per heavy atom. The van der Waals surface area contributed by atoms with Gasteiger partial charge in [0.05, 0.1) is 18.2 Å². The molecule has 0 fully saturated rings. The van der Waals surface area contributed by atoms with E-state index in [9.17, 15) is 18.0 Å². The second-order valence-electron chi connectivity index (χ2n) is 8.53. The topological polar surface area (TPSA) is 117 Å².